The number of nitrogens with zero attached hydrogens (tertiary/aromatic N) is 2. The number of benzene rings is 1. The van der Waals surface area contributed by atoms with Crippen LogP contribution in [-0.4, -0.2) is 9.91 Å². The molecule has 6 nitrogen and oxygen atoms in total. The van der Waals surface area contributed by atoms with Crippen LogP contribution in [0.5, 0.6) is 11.6 Å². The molecule has 2 N–H and O–H groups in total. The molecular formula is C12H9Br2N3O3. The largest absolute Gasteiger partial charge is 0.436 e. The number of ether oxygens (including phenoxy) is 1. The molecular weight excluding hydrogens is 394 g/mol. The Hall–Kier alpha value is -1.51. The van der Waals surface area contributed by atoms with Crippen LogP contribution >= 0.6 is 31.9 Å². The van der Waals surface area contributed by atoms with Crippen LogP contribution in [0.4, 0.5) is 5.69 Å². The second-order valence-corrected chi connectivity index (χ2v) is 5.48. The minimum atomic E-state index is -0.481. The van der Waals surface area contributed by atoms with E-state index < -0.39 is 4.92 Å². The third kappa shape index (κ3) is 3.14. The molecule has 0 aliphatic rings. The van der Waals surface area contributed by atoms with Crippen molar-refractivity contribution in [1.29, 1.82) is 0 Å². The topological polar surface area (TPSA) is 91.3 Å². The first kappa shape index (κ1) is 14.9. The fourth-order valence-corrected chi connectivity index (χ4v) is 2.84. The Labute approximate surface area is 131 Å². The van der Waals surface area contributed by atoms with E-state index in [1.54, 1.807) is 18.3 Å². The summed E-state index contributed by atoms with van der Waals surface area (Å²) in [7, 11) is 0. The maximum absolute atomic E-state index is 10.8. The quantitative estimate of drug-likeness (QED) is 0.620. The maximum atomic E-state index is 10.8. The third-order valence-corrected chi connectivity index (χ3v) is 3.64. The van der Waals surface area contributed by atoms with Gasteiger partial charge in [0, 0.05) is 30.4 Å². The van der Waals surface area contributed by atoms with Crippen LogP contribution in [0.2, 0.25) is 0 Å². The molecule has 0 bridgehead atoms. The molecule has 0 aliphatic heterocycles. The van der Waals surface area contributed by atoms with Crippen LogP contribution in [0.3, 0.4) is 0 Å². The average Bonchev–Trinajstić information content (AvgIpc) is 2.42. The highest BCUT2D eigenvalue weighted by Gasteiger charge is 2.17. The van der Waals surface area contributed by atoms with Gasteiger partial charge in [-0.2, -0.15) is 0 Å². The van der Waals surface area contributed by atoms with Gasteiger partial charge >= 0.3 is 0 Å². The predicted octanol–water partition coefficient (Wildman–Crippen LogP) is 3.77. The molecule has 1 heterocycles. The van der Waals surface area contributed by atoms with Gasteiger partial charge in [0.25, 0.3) is 5.69 Å². The van der Waals surface area contributed by atoms with Crippen LogP contribution < -0.4 is 10.5 Å². The number of nitro groups is 1. The van der Waals surface area contributed by atoms with Crippen molar-refractivity contribution in [1.82, 2.24) is 4.98 Å². The summed E-state index contributed by atoms with van der Waals surface area (Å²) in [5.74, 6) is 0.772. The minimum Gasteiger partial charge on any atom is -0.436 e. The molecule has 1 aromatic heterocycles. The Kier molecular flexibility index (Phi) is 4.69. The number of hydrogen-bond donors (Lipinski definition) is 1. The second-order valence-electron chi connectivity index (χ2n) is 3.77. The molecule has 0 atom stereocenters. The SMILES string of the molecule is NCc1cccnc1Oc1c(Br)cc([N+](=O)[O-])cc1Br. The van der Waals surface area contributed by atoms with Gasteiger partial charge in [-0.3, -0.25) is 10.1 Å². The smallest absolute Gasteiger partial charge is 0.271 e. The Morgan fingerprint density at radius 2 is 2.00 bits per heavy atom. The van der Waals surface area contributed by atoms with Crippen molar-refractivity contribution in [2.75, 3.05) is 0 Å². The standard InChI is InChI=1S/C12H9Br2N3O3/c13-9-4-8(17(18)19)5-10(14)11(9)20-12-7(6-15)2-1-3-16-12/h1-5H,6,15H2. The summed E-state index contributed by atoms with van der Waals surface area (Å²) in [6.07, 6.45) is 1.59. The molecule has 0 spiro atoms. The summed E-state index contributed by atoms with van der Waals surface area (Å²) < 4.78 is 6.59. The van der Waals surface area contributed by atoms with E-state index >= 15 is 0 Å². The highest BCUT2D eigenvalue weighted by molar-refractivity contribution is 9.11. The second kappa shape index (κ2) is 6.29. The average molecular weight is 403 g/mol. The molecule has 0 unspecified atom stereocenters. The van der Waals surface area contributed by atoms with Crippen molar-refractivity contribution in [2.24, 2.45) is 5.73 Å². The van der Waals surface area contributed by atoms with Crippen molar-refractivity contribution in [3.05, 3.63) is 55.1 Å². The molecule has 0 radical (unpaired) electrons. The zero-order valence-electron chi connectivity index (χ0n) is 10.0. The molecule has 0 saturated heterocycles. The van der Waals surface area contributed by atoms with Gasteiger partial charge in [-0.1, -0.05) is 6.07 Å². The maximum Gasteiger partial charge on any atom is 0.271 e. The van der Waals surface area contributed by atoms with Crippen LogP contribution in [0.25, 0.3) is 0 Å². The van der Waals surface area contributed by atoms with Gasteiger partial charge in [0.2, 0.25) is 5.88 Å². The van der Waals surface area contributed by atoms with E-state index in [0.717, 1.165) is 5.56 Å². The lowest BCUT2D eigenvalue weighted by Crippen LogP contribution is -2.01. The highest BCUT2D eigenvalue weighted by atomic mass is 79.9. The van der Waals surface area contributed by atoms with Gasteiger partial charge in [-0.05, 0) is 37.9 Å². The van der Waals surface area contributed by atoms with Gasteiger partial charge < -0.3 is 10.5 Å². The lowest BCUT2D eigenvalue weighted by Gasteiger charge is -2.11. The highest BCUT2D eigenvalue weighted by Crippen LogP contribution is 2.39. The van der Waals surface area contributed by atoms with Gasteiger partial charge in [0.15, 0.2) is 5.75 Å². The number of nitro benzene ring substituents is 1. The summed E-state index contributed by atoms with van der Waals surface area (Å²) in [5, 5.41) is 10.8. The Morgan fingerprint density at radius 1 is 1.35 bits per heavy atom. The van der Waals surface area contributed by atoms with Gasteiger partial charge in [0.1, 0.15) is 0 Å². The fourth-order valence-electron chi connectivity index (χ4n) is 1.52. The summed E-state index contributed by atoms with van der Waals surface area (Å²) in [5.41, 5.74) is 6.31. The van der Waals surface area contributed by atoms with Gasteiger partial charge in [0.05, 0.1) is 13.9 Å². The number of hydrogen-bond acceptors (Lipinski definition) is 5. The monoisotopic (exact) mass is 401 g/mol. The first-order valence-electron chi connectivity index (χ1n) is 5.48. The Balaban J connectivity index is 2.41. The molecule has 2 aromatic rings. The van der Waals surface area contributed by atoms with Crippen molar-refractivity contribution >= 4 is 37.5 Å². The summed E-state index contributed by atoms with van der Waals surface area (Å²) >= 11 is 6.50. The van der Waals surface area contributed by atoms with E-state index in [-0.39, 0.29) is 12.2 Å². The zero-order chi connectivity index (χ0) is 14.7. The van der Waals surface area contributed by atoms with Crippen LogP contribution in [0.1, 0.15) is 5.56 Å². The Bertz CT molecular complexity index is 641. The molecule has 104 valence electrons. The van der Waals surface area contributed by atoms with Crippen LogP contribution in [-0.2, 0) is 6.54 Å². The van der Waals surface area contributed by atoms with E-state index in [1.807, 2.05) is 0 Å². The van der Waals surface area contributed by atoms with Gasteiger partial charge in [-0.15, -0.1) is 0 Å². The number of halogens is 2. The zero-order valence-corrected chi connectivity index (χ0v) is 13.2. The van der Waals surface area contributed by atoms with Gasteiger partial charge in [-0.25, -0.2) is 4.98 Å². The number of nitrogens with two attached hydrogens (primary N) is 1. The minimum absolute atomic E-state index is 0.0452. The molecule has 2 rings (SSSR count). The normalized spacial score (nSPS) is 10.3. The molecule has 0 amide bonds. The van der Waals surface area contributed by atoms with E-state index in [9.17, 15) is 10.1 Å². The molecule has 0 fully saturated rings. The molecule has 20 heavy (non-hydrogen) atoms. The Morgan fingerprint density at radius 3 is 2.55 bits per heavy atom. The van der Waals surface area contributed by atoms with Crippen molar-refractivity contribution in [2.45, 2.75) is 6.54 Å². The summed E-state index contributed by atoms with van der Waals surface area (Å²) in [6.45, 7) is 0.283. The third-order valence-electron chi connectivity index (χ3n) is 2.46. The number of non-ortho nitro benzene ring substituents is 1. The number of pyridine rings is 1. The number of aromatic nitrogens is 1. The van der Waals surface area contributed by atoms with Crippen LogP contribution in [0, 0.1) is 10.1 Å². The van der Waals surface area contributed by atoms with E-state index in [1.165, 1.54) is 12.1 Å². The molecule has 0 saturated carbocycles. The van der Waals surface area contributed by atoms with Crippen molar-refractivity contribution in [3.63, 3.8) is 0 Å². The van der Waals surface area contributed by atoms with E-state index in [2.05, 4.69) is 36.8 Å². The van der Waals surface area contributed by atoms with E-state index in [0.29, 0.717) is 20.6 Å². The van der Waals surface area contributed by atoms with E-state index in [4.69, 9.17) is 10.5 Å². The number of rotatable bonds is 4. The molecule has 0 aliphatic carbocycles. The summed E-state index contributed by atoms with van der Waals surface area (Å²) in [6, 6.07) is 6.29. The summed E-state index contributed by atoms with van der Waals surface area (Å²) in [4.78, 5) is 14.4. The van der Waals surface area contributed by atoms with Crippen molar-refractivity contribution in [3.8, 4) is 11.6 Å². The lowest BCUT2D eigenvalue weighted by atomic mass is 10.2. The van der Waals surface area contributed by atoms with Crippen molar-refractivity contribution < 1.29 is 9.66 Å². The van der Waals surface area contributed by atoms with Crippen LogP contribution in [0.15, 0.2) is 39.4 Å². The lowest BCUT2D eigenvalue weighted by molar-refractivity contribution is -0.385. The molecule has 1 aromatic carbocycles. The fraction of sp³-hybridized carbons (Fsp3) is 0.0833. The first-order chi connectivity index (χ1) is 9.52. The first-order valence-corrected chi connectivity index (χ1v) is 7.06. The predicted molar refractivity (Wildman–Crippen MR) is 80.7 cm³/mol. The molecule has 8 heteroatoms.